The number of fused-ring (bicyclic) bond motifs is 2. The highest BCUT2D eigenvalue weighted by Crippen LogP contribution is 2.39. The zero-order valence-electron chi connectivity index (χ0n) is 12.1. The molecule has 3 heterocycles. The molecule has 1 aliphatic heterocycles. The molecule has 0 saturated carbocycles. The van der Waals surface area contributed by atoms with Crippen molar-refractivity contribution >= 4 is 28.5 Å². The summed E-state index contributed by atoms with van der Waals surface area (Å²) in [6.45, 7) is 1.51. The van der Waals surface area contributed by atoms with E-state index in [1.165, 1.54) is 13.3 Å². The van der Waals surface area contributed by atoms with Crippen LogP contribution in [0, 0.1) is 0 Å². The van der Waals surface area contributed by atoms with Crippen molar-refractivity contribution in [3.05, 3.63) is 36.3 Å². The molecule has 8 heteroatoms. The highest BCUT2D eigenvalue weighted by atomic mass is 16.2. The van der Waals surface area contributed by atoms with Crippen molar-refractivity contribution in [1.82, 2.24) is 19.9 Å². The lowest BCUT2D eigenvalue weighted by molar-refractivity contribution is -0.131. The average molecular weight is 308 g/mol. The van der Waals surface area contributed by atoms with Crippen molar-refractivity contribution in [1.29, 1.82) is 0 Å². The lowest BCUT2D eigenvalue weighted by Crippen LogP contribution is -2.44. The molecule has 3 aromatic rings. The summed E-state index contributed by atoms with van der Waals surface area (Å²) < 4.78 is 0. The quantitative estimate of drug-likeness (QED) is 0.601. The van der Waals surface area contributed by atoms with E-state index in [0.29, 0.717) is 28.3 Å². The number of amides is 2. The maximum absolute atomic E-state index is 12.1. The number of rotatable bonds is 2. The van der Waals surface area contributed by atoms with E-state index in [4.69, 9.17) is 5.73 Å². The van der Waals surface area contributed by atoms with E-state index in [9.17, 15) is 9.59 Å². The minimum absolute atomic E-state index is 0.427. The topological polar surface area (TPSA) is 127 Å². The first-order valence-electron chi connectivity index (χ1n) is 6.92. The molecule has 1 atom stereocenters. The van der Waals surface area contributed by atoms with Gasteiger partial charge in [0, 0.05) is 17.4 Å². The summed E-state index contributed by atoms with van der Waals surface area (Å²) in [4.78, 5) is 39.5. The summed E-state index contributed by atoms with van der Waals surface area (Å²) in [5, 5.41) is 2.70. The Bertz CT molecular complexity index is 965. The monoisotopic (exact) mass is 308 g/mol. The second kappa shape index (κ2) is 4.35. The molecule has 1 aromatic carbocycles. The number of benzene rings is 1. The molecule has 0 bridgehead atoms. The number of carbonyl (C=O) groups excluding carboxylic acids is 2. The SMILES string of the molecule is CC1(C(N)=O)C(=O)Nc2cc3[nH]c(-c4ccncn4)nc3cc21. The van der Waals surface area contributed by atoms with Crippen LogP contribution in [0.3, 0.4) is 0 Å². The van der Waals surface area contributed by atoms with E-state index in [0.717, 1.165) is 5.52 Å². The summed E-state index contributed by atoms with van der Waals surface area (Å²) in [7, 11) is 0. The van der Waals surface area contributed by atoms with E-state index < -0.39 is 17.2 Å². The average Bonchev–Trinajstić information content (AvgIpc) is 3.06. The Hall–Kier alpha value is -3.29. The first kappa shape index (κ1) is 13.4. The molecule has 0 fully saturated rings. The molecule has 8 nitrogen and oxygen atoms in total. The Morgan fingerprint density at radius 1 is 1.35 bits per heavy atom. The van der Waals surface area contributed by atoms with Gasteiger partial charge in [0.1, 0.15) is 12.0 Å². The summed E-state index contributed by atoms with van der Waals surface area (Å²) in [5.74, 6) is -0.540. The third kappa shape index (κ3) is 1.75. The van der Waals surface area contributed by atoms with Gasteiger partial charge >= 0.3 is 0 Å². The highest BCUT2D eigenvalue weighted by Gasteiger charge is 2.48. The van der Waals surface area contributed by atoms with Gasteiger partial charge in [-0.2, -0.15) is 0 Å². The summed E-state index contributed by atoms with van der Waals surface area (Å²) >= 11 is 0. The Balaban J connectivity index is 1.91. The molecular formula is C15H12N6O2. The van der Waals surface area contributed by atoms with Gasteiger partial charge in [0.2, 0.25) is 11.8 Å². The minimum Gasteiger partial charge on any atom is -0.368 e. The van der Waals surface area contributed by atoms with Gasteiger partial charge in [-0.15, -0.1) is 0 Å². The van der Waals surface area contributed by atoms with Crippen molar-refractivity contribution in [3.63, 3.8) is 0 Å². The van der Waals surface area contributed by atoms with Crippen LogP contribution in [-0.4, -0.2) is 31.8 Å². The Morgan fingerprint density at radius 3 is 2.87 bits per heavy atom. The van der Waals surface area contributed by atoms with Crippen molar-refractivity contribution in [2.24, 2.45) is 5.73 Å². The normalized spacial score (nSPS) is 19.6. The summed E-state index contributed by atoms with van der Waals surface area (Å²) in [5.41, 5.74) is 7.13. The Morgan fingerprint density at radius 2 is 2.17 bits per heavy atom. The Labute approximate surface area is 130 Å². The molecule has 1 unspecified atom stereocenters. The second-order valence-corrected chi connectivity index (χ2v) is 5.54. The number of H-pyrrole nitrogens is 1. The maximum Gasteiger partial charge on any atom is 0.244 e. The van der Waals surface area contributed by atoms with Crippen LogP contribution in [0.25, 0.3) is 22.6 Å². The molecule has 114 valence electrons. The van der Waals surface area contributed by atoms with E-state index in [2.05, 4.69) is 25.3 Å². The first-order chi connectivity index (χ1) is 11.0. The Kier molecular flexibility index (Phi) is 2.53. The van der Waals surface area contributed by atoms with E-state index >= 15 is 0 Å². The van der Waals surface area contributed by atoms with Gasteiger partial charge in [-0.3, -0.25) is 9.59 Å². The number of anilines is 1. The molecule has 0 radical (unpaired) electrons. The molecule has 0 saturated heterocycles. The number of aromatic amines is 1. The van der Waals surface area contributed by atoms with Gasteiger partial charge in [0.15, 0.2) is 11.2 Å². The molecule has 1 aliphatic rings. The molecule has 23 heavy (non-hydrogen) atoms. The van der Waals surface area contributed by atoms with E-state index in [1.54, 1.807) is 24.4 Å². The van der Waals surface area contributed by atoms with Gasteiger partial charge in [-0.05, 0) is 25.1 Å². The number of hydrogen-bond acceptors (Lipinski definition) is 5. The van der Waals surface area contributed by atoms with E-state index in [1.807, 2.05) is 0 Å². The fraction of sp³-hybridized carbons (Fsp3) is 0.133. The van der Waals surface area contributed by atoms with Crippen LogP contribution < -0.4 is 11.1 Å². The van der Waals surface area contributed by atoms with Gasteiger partial charge in [0.05, 0.1) is 11.0 Å². The smallest absolute Gasteiger partial charge is 0.244 e. The van der Waals surface area contributed by atoms with Crippen molar-refractivity contribution in [2.45, 2.75) is 12.3 Å². The lowest BCUT2D eigenvalue weighted by atomic mass is 9.83. The van der Waals surface area contributed by atoms with Crippen LogP contribution in [0.2, 0.25) is 0 Å². The van der Waals surface area contributed by atoms with Gasteiger partial charge in [-0.25, -0.2) is 15.0 Å². The highest BCUT2D eigenvalue weighted by molar-refractivity contribution is 6.20. The largest absolute Gasteiger partial charge is 0.368 e. The van der Waals surface area contributed by atoms with Crippen molar-refractivity contribution < 1.29 is 9.59 Å². The predicted molar refractivity (Wildman–Crippen MR) is 82.3 cm³/mol. The van der Waals surface area contributed by atoms with Crippen molar-refractivity contribution in [3.8, 4) is 11.5 Å². The van der Waals surface area contributed by atoms with Crippen LogP contribution in [0.5, 0.6) is 0 Å². The summed E-state index contributed by atoms with van der Waals surface area (Å²) in [6.07, 6.45) is 3.06. The lowest BCUT2D eigenvalue weighted by Gasteiger charge is -2.17. The van der Waals surface area contributed by atoms with Crippen LogP contribution in [-0.2, 0) is 15.0 Å². The number of hydrogen-bond donors (Lipinski definition) is 3. The maximum atomic E-state index is 12.1. The van der Waals surface area contributed by atoms with Crippen LogP contribution >= 0.6 is 0 Å². The third-order valence-corrected chi connectivity index (χ3v) is 4.18. The number of nitrogens with two attached hydrogens (primary N) is 1. The van der Waals surface area contributed by atoms with E-state index in [-0.39, 0.29) is 0 Å². The minimum atomic E-state index is -1.39. The molecule has 2 aromatic heterocycles. The molecular weight excluding hydrogens is 296 g/mol. The number of primary amides is 1. The second-order valence-electron chi connectivity index (χ2n) is 5.54. The zero-order chi connectivity index (χ0) is 16.2. The standard InChI is InChI=1S/C15H12N6O2/c1-15(13(16)22)7-4-10-11(5-9(7)21-14(15)23)20-12(19-10)8-2-3-17-6-18-8/h2-6H,1H3,(H2,16,22)(H,19,20)(H,21,23). The molecule has 4 rings (SSSR count). The number of nitrogens with zero attached hydrogens (tertiary/aromatic N) is 3. The molecule has 0 aliphatic carbocycles. The summed E-state index contributed by atoms with van der Waals surface area (Å²) in [6, 6.07) is 5.18. The molecule has 0 spiro atoms. The number of aromatic nitrogens is 4. The predicted octanol–water partition coefficient (Wildman–Crippen LogP) is 0.715. The number of carbonyl (C=O) groups is 2. The van der Waals surface area contributed by atoms with Crippen LogP contribution in [0.15, 0.2) is 30.7 Å². The first-order valence-corrected chi connectivity index (χ1v) is 6.92. The van der Waals surface area contributed by atoms with Gasteiger partial charge in [-0.1, -0.05) is 0 Å². The van der Waals surface area contributed by atoms with Crippen molar-refractivity contribution in [2.75, 3.05) is 5.32 Å². The van der Waals surface area contributed by atoms with Crippen LogP contribution in [0.1, 0.15) is 12.5 Å². The van der Waals surface area contributed by atoms with Gasteiger partial charge < -0.3 is 16.0 Å². The zero-order valence-corrected chi connectivity index (χ0v) is 12.1. The number of imidazole rings is 1. The molecule has 4 N–H and O–H groups in total. The fourth-order valence-electron chi connectivity index (χ4n) is 2.74. The molecule has 2 amide bonds. The fourth-order valence-corrected chi connectivity index (χ4v) is 2.74. The van der Waals surface area contributed by atoms with Gasteiger partial charge in [0.25, 0.3) is 0 Å². The number of nitrogens with one attached hydrogen (secondary N) is 2. The third-order valence-electron chi connectivity index (χ3n) is 4.18. The van der Waals surface area contributed by atoms with Crippen LogP contribution in [0.4, 0.5) is 5.69 Å².